The number of aryl methyl sites for hydroxylation is 1. The average molecular weight is 194 g/mol. The Morgan fingerprint density at radius 1 is 1.23 bits per heavy atom. The normalized spacial score (nSPS) is 10.3. The van der Waals surface area contributed by atoms with Gasteiger partial charge in [-0.3, -0.25) is 0 Å². The average Bonchev–Trinajstić information content (AvgIpc) is 2.49. The molecule has 0 radical (unpaired) electrons. The van der Waals surface area contributed by atoms with Crippen LogP contribution in [0, 0.1) is 6.92 Å². The fourth-order valence-corrected chi connectivity index (χ4v) is 1.20. The van der Waals surface area contributed by atoms with Crippen LogP contribution in [0.3, 0.4) is 0 Å². The molecule has 3 heteroatoms. The van der Waals surface area contributed by atoms with Crippen molar-refractivity contribution in [1.82, 2.24) is 4.98 Å². The molecule has 1 heterocycles. The van der Waals surface area contributed by atoms with Crippen molar-refractivity contribution in [2.75, 3.05) is 0 Å². The van der Waals surface area contributed by atoms with E-state index >= 15 is 0 Å². The summed E-state index contributed by atoms with van der Waals surface area (Å²) in [4.78, 5) is 4.08. The van der Waals surface area contributed by atoms with Crippen molar-refractivity contribution in [2.45, 2.75) is 6.92 Å². The first kappa shape index (κ1) is 8.32. The maximum absolute atomic E-state index is 5.77. The van der Waals surface area contributed by atoms with Crippen LogP contribution >= 0.6 is 11.6 Å². The van der Waals surface area contributed by atoms with E-state index in [2.05, 4.69) is 4.98 Å². The summed E-state index contributed by atoms with van der Waals surface area (Å²) in [5.74, 6) is 1.23. The van der Waals surface area contributed by atoms with Crippen LogP contribution < -0.4 is 0 Å². The number of nitrogens with zero attached hydrogens (tertiary/aromatic N) is 1. The molecule has 2 rings (SSSR count). The van der Waals surface area contributed by atoms with E-state index in [0.29, 0.717) is 16.8 Å². The van der Waals surface area contributed by atoms with Crippen molar-refractivity contribution in [3.05, 3.63) is 41.2 Å². The Bertz CT molecular complexity index is 389. The summed E-state index contributed by atoms with van der Waals surface area (Å²) in [6, 6.07) is 9.68. The highest BCUT2D eigenvalue weighted by Gasteiger charge is 2.07. The topological polar surface area (TPSA) is 26.0 Å². The lowest BCUT2D eigenvalue weighted by molar-refractivity contribution is 0.542. The van der Waals surface area contributed by atoms with E-state index in [1.165, 1.54) is 0 Å². The van der Waals surface area contributed by atoms with Gasteiger partial charge in [0.15, 0.2) is 5.15 Å². The number of benzene rings is 1. The molecule has 0 spiro atoms. The second-order valence-electron chi connectivity index (χ2n) is 2.73. The Kier molecular flexibility index (Phi) is 2.07. The number of aromatic nitrogens is 1. The Morgan fingerprint density at radius 3 is 2.46 bits per heavy atom. The molecular formula is C10H8ClNO. The van der Waals surface area contributed by atoms with E-state index in [1.54, 1.807) is 6.92 Å². The molecule has 1 aromatic heterocycles. The van der Waals surface area contributed by atoms with Crippen molar-refractivity contribution >= 4 is 11.6 Å². The van der Waals surface area contributed by atoms with Gasteiger partial charge in [0.2, 0.25) is 5.89 Å². The molecule has 2 aromatic rings. The zero-order valence-electron chi connectivity index (χ0n) is 7.12. The monoisotopic (exact) mass is 193 g/mol. The summed E-state index contributed by atoms with van der Waals surface area (Å²) < 4.78 is 5.36. The van der Waals surface area contributed by atoms with Crippen molar-refractivity contribution < 1.29 is 4.42 Å². The van der Waals surface area contributed by atoms with Gasteiger partial charge < -0.3 is 4.42 Å². The van der Waals surface area contributed by atoms with Crippen LogP contribution in [0.1, 0.15) is 5.76 Å². The van der Waals surface area contributed by atoms with Gasteiger partial charge in [-0.25, -0.2) is 0 Å². The SMILES string of the molecule is Cc1oc(-c2ccccc2)nc1Cl. The molecule has 2 nitrogen and oxygen atoms in total. The van der Waals surface area contributed by atoms with Gasteiger partial charge in [0.25, 0.3) is 0 Å². The summed E-state index contributed by atoms with van der Waals surface area (Å²) in [5, 5.41) is 0.429. The molecule has 0 N–H and O–H groups in total. The van der Waals surface area contributed by atoms with Gasteiger partial charge in [-0.2, -0.15) is 4.98 Å². The molecule has 0 aliphatic rings. The van der Waals surface area contributed by atoms with Gasteiger partial charge >= 0.3 is 0 Å². The minimum atomic E-state index is 0.429. The van der Waals surface area contributed by atoms with Crippen molar-refractivity contribution in [2.24, 2.45) is 0 Å². The van der Waals surface area contributed by atoms with Crippen LogP contribution in [-0.4, -0.2) is 4.98 Å². The quantitative estimate of drug-likeness (QED) is 0.695. The molecule has 13 heavy (non-hydrogen) atoms. The third kappa shape index (κ3) is 1.58. The largest absolute Gasteiger partial charge is 0.440 e. The number of rotatable bonds is 1. The van der Waals surface area contributed by atoms with Gasteiger partial charge in [-0.15, -0.1) is 0 Å². The second-order valence-corrected chi connectivity index (χ2v) is 3.09. The summed E-state index contributed by atoms with van der Waals surface area (Å²) in [6.45, 7) is 1.79. The van der Waals surface area contributed by atoms with Crippen LogP contribution in [0.15, 0.2) is 34.7 Å². The Morgan fingerprint density at radius 2 is 1.92 bits per heavy atom. The fraction of sp³-hybridized carbons (Fsp3) is 0.100. The van der Waals surface area contributed by atoms with Crippen molar-refractivity contribution in [3.63, 3.8) is 0 Å². The summed E-state index contributed by atoms with van der Waals surface area (Å²) in [5.41, 5.74) is 0.942. The molecular weight excluding hydrogens is 186 g/mol. The van der Waals surface area contributed by atoms with Crippen LogP contribution in [0.25, 0.3) is 11.5 Å². The third-order valence-electron chi connectivity index (χ3n) is 1.76. The van der Waals surface area contributed by atoms with Crippen LogP contribution in [-0.2, 0) is 0 Å². The first-order chi connectivity index (χ1) is 6.27. The van der Waals surface area contributed by atoms with E-state index < -0.39 is 0 Å². The molecule has 0 amide bonds. The van der Waals surface area contributed by atoms with Crippen LogP contribution in [0.5, 0.6) is 0 Å². The molecule has 1 aromatic carbocycles. The maximum Gasteiger partial charge on any atom is 0.227 e. The lowest BCUT2D eigenvalue weighted by Gasteiger charge is -1.91. The van der Waals surface area contributed by atoms with E-state index in [-0.39, 0.29) is 0 Å². The fourth-order valence-electron chi connectivity index (χ4n) is 1.08. The van der Waals surface area contributed by atoms with Gasteiger partial charge in [-0.1, -0.05) is 29.8 Å². The van der Waals surface area contributed by atoms with Gasteiger partial charge in [0, 0.05) is 5.56 Å². The Balaban J connectivity index is 2.48. The second kappa shape index (κ2) is 3.23. The summed E-state index contributed by atoms with van der Waals surface area (Å²) >= 11 is 5.77. The smallest absolute Gasteiger partial charge is 0.227 e. The molecule has 0 aliphatic carbocycles. The van der Waals surface area contributed by atoms with Crippen LogP contribution in [0.4, 0.5) is 0 Å². The molecule has 0 atom stereocenters. The van der Waals surface area contributed by atoms with Gasteiger partial charge in [0.05, 0.1) is 0 Å². The summed E-state index contributed by atoms with van der Waals surface area (Å²) in [6.07, 6.45) is 0. The molecule has 0 saturated carbocycles. The molecule has 0 aliphatic heterocycles. The number of halogens is 1. The molecule has 0 unspecified atom stereocenters. The molecule has 66 valence electrons. The maximum atomic E-state index is 5.77. The number of oxazole rings is 1. The Labute approximate surface area is 81.2 Å². The van der Waals surface area contributed by atoms with E-state index in [0.717, 1.165) is 5.56 Å². The molecule has 0 fully saturated rings. The number of hydrogen-bond acceptors (Lipinski definition) is 2. The van der Waals surface area contributed by atoms with Crippen molar-refractivity contribution in [3.8, 4) is 11.5 Å². The van der Waals surface area contributed by atoms with Gasteiger partial charge in [-0.05, 0) is 19.1 Å². The molecule has 0 saturated heterocycles. The highest BCUT2D eigenvalue weighted by atomic mass is 35.5. The first-order valence-corrected chi connectivity index (χ1v) is 4.33. The zero-order valence-corrected chi connectivity index (χ0v) is 7.88. The zero-order chi connectivity index (χ0) is 9.26. The minimum absolute atomic E-state index is 0.429. The predicted octanol–water partition coefficient (Wildman–Crippen LogP) is 3.30. The van der Waals surface area contributed by atoms with E-state index in [4.69, 9.17) is 16.0 Å². The van der Waals surface area contributed by atoms with Crippen molar-refractivity contribution in [1.29, 1.82) is 0 Å². The minimum Gasteiger partial charge on any atom is -0.440 e. The lowest BCUT2D eigenvalue weighted by atomic mass is 10.2. The molecule has 0 bridgehead atoms. The first-order valence-electron chi connectivity index (χ1n) is 3.96. The van der Waals surface area contributed by atoms with E-state index in [1.807, 2.05) is 30.3 Å². The highest BCUT2D eigenvalue weighted by Crippen LogP contribution is 2.23. The van der Waals surface area contributed by atoms with E-state index in [9.17, 15) is 0 Å². The predicted molar refractivity (Wildman–Crippen MR) is 51.7 cm³/mol. The highest BCUT2D eigenvalue weighted by molar-refractivity contribution is 6.30. The van der Waals surface area contributed by atoms with Crippen LogP contribution in [0.2, 0.25) is 5.15 Å². The standard InChI is InChI=1S/C10H8ClNO/c1-7-9(11)12-10(13-7)8-5-3-2-4-6-8/h2-6H,1H3. The third-order valence-corrected chi connectivity index (χ3v) is 2.11. The van der Waals surface area contributed by atoms with Gasteiger partial charge in [0.1, 0.15) is 5.76 Å². The Hall–Kier alpha value is -1.28. The summed E-state index contributed by atoms with van der Waals surface area (Å²) in [7, 11) is 0. The number of hydrogen-bond donors (Lipinski definition) is 0. The lowest BCUT2D eigenvalue weighted by Crippen LogP contribution is -1.74.